The van der Waals surface area contributed by atoms with Gasteiger partial charge in [0.15, 0.2) is 5.69 Å². The number of pyridine rings is 1. The van der Waals surface area contributed by atoms with Crippen molar-refractivity contribution in [3.63, 3.8) is 0 Å². The topological polar surface area (TPSA) is 109 Å². The number of ether oxygens (including phenoxy) is 1. The highest BCUT2D eigenvalue weighted by molar-refractivity contribution is 6.11. The number of aromatic nitrogens is 3. The number of H-pyrrole nitrogens is 1. The Kier molecular flexibility index (Phi) is 5.69. The number of amides is 2. The number of rotatable bonds is 5. The van der Waals surface area contributed by atoms with Crippen molar-refractivity contribution in [2.75, 3.05) is 10.6 Å². The Morgan fingerprint density at radius 3 is 2.42 bits per heavy atom. The van der Waals surface area contributed by atoms with Crippen LogP contribution in [0.2, 0.25) is 0 Å². The van der Waals surface area contributed by atoms with E-state index >= 15 is 0 Å². The molecule has 0 fully saturated rings. The minimum absolute atomic E-state index is 0.0648. The van der Waals surface area contributed by atoms with Gasteiger partial charge in [0.2, 0.25) is 5.91 Å². The van der Waals surface area contributed by atoms with E-state index in [1.807, 2.05) is 0 Å². The minimum Gasteiger partial charge on any atom is -0.457 e. The van der Waals surface area contributed by atoms with E-state index in [0.717, 1.165) is 12.1 Å². The Balaban J connectivity index is 1.47. The molecule has 2 amide bonds. The summed E-state index contributed by atoms with van der Waals surface area (Å²) in [5.74, 6) is 0.299. The zero-order valence-corrected chi connectivity index (χ0v) is 17.0. The van der Waals surface area contributed by atoms with Crippen LogP contribution in [-0.4, -0.2) is 27.0 Å². The van der Waals surface area contributed by atoms with Crippen LogP contribution in [0.5, 0.6) is 11.5 Å². The van der Waals surface area contributed by atoms with Gasteiger partial charge in [-0.05, 0) is 48.5 Å². The maximum atomic E-state index is 13.0. The molecule has 2 heterocycles. The van der Waals surface area contributed by atoms with Crippen molar-refractivity contribution in [3.8, 4) is 11.5 Å². The lowest BCUT2D eigenvalue weighted by Gasteiger charge is -2.09. The van der Waals surface area contributed by atoms with Crippen LogP contribution in [0.25, 0.3) is 10.9 Å². The lowest BCUT2D eigenvalue weighted by atomic mass is 10.1. The van der Waals surface area contributed by atoms with E-state index in [2.05, 4.69) is 25.8 Å². The fourth-order valence-corrected chi connectivity index (χ4v) is 3.02. The van der Waals surface area contributed by atoms with Crippen LogP contribution in [0, 0.1) is 0 Å². The van der Waals surface area contributed by atoms with Crippen molar-refractivity contribution in [2.45, 2.75) is 13.1 Å². The van der Waals surface area contributed by atoms with Crippen molar-refractivity contribution in [1.29, 1.82) is 0 Å². The van der Waals surface area contributed by atoms with Gasteiger partial charge in [-0.1, -0.05) is 0 Å². The second kappa shape index (κ2) is 8.61. The van der Waals surface area contributed by atoms with Gasteiger partial charge in [0.05, 0.1) is 11.1 Å². The normalized spacial score (nSPS) is 11.3. The monoisotopic (exact) mass is 455 g/mol. The minimum atomic E-state index is -4.53. The van der Waals surface area contributed by atoms with E-state index in [1.165, 1.54) is 19.2 Å². The van der Waals surface area contributed by atoms with Crippen LogP contribution in [0.1, 0.15) is 23.0 Å². The van der Waals surface area contributed by atoms with E-state index in [9.17, 15) is 22.8 Å². The Morgan fingerprint density at radius 2 is 1.73 bits per heavy atom. The number of fused-ring (bicyclic) bond motifs is 1. The predicted octanol–water partition coefficient (Wildman–Crippen LogP) is 4.98. The predicted molar refractivity (Wildman–Crippen MR) is 114 cm³/mol. The van der Waals surface area contributed by atoms with E-state index in [0.29, 0.717) is 28.5 Å². The molecule has 0 aliphatic heterocycles. The van der Waals surface area contributed by atoms with Crippen molar-refractivity contribution in [2.24, 2.45) is 0 Å². The number of benzene rings is 2. The molecule has 0 aliphatic carbocycles. The average Bonchev–Trinajstić information content (AvgIpc) is 3.18. The van der Waals surface area contributed by atoms with Crippen molar-refractivity contribution >= 4 is 34.2 Å². The van der Waals surface area contributed by atoms with Gasteiger partial charge in [0, 0.05) is 30.3 Å². The van der Waals surface area contributed by atoms with Crippen LogP contribution in [0.3, 0.4) is 0 Å². The molecule has 0 aliphatic rings. The summed E-state index contributed by atoms with van der Waals surface area (Å²) in [6.07, 6.45) is -3.06. The molecular weight excluding hydrogens is 439 g/mol. The number of alkyl halides is 3. The van der Waals surface area contributed by atoms with E-state index in [4.69, 9.17) is 4.74 Å². The summed E-state index contributed by atoms with van der Waals surface area (Å²) in [7, 11) is 0. The van der Waals surface area contributed by atoms with Gasteiger partial charge in [0.1, 0.15) is 17.3 Å². The van der Waals surface area contributed by atoms with Crippen molar-refractivity contribution in [1.82, 2.24) is 15.2 Å². The number of anilines is 2. The van der Waals surface area contributed by atoms with E-state index in [-0.39, 0.29) is 17.0 Å². The molecule has 4 aromatic rings. The third kappa shape index (κ3) is 5.09. The first-order valence-electron chi connectivity index (χ1n) is 9.57. The smallest absolute Gasteiger partial charge is 0.416 e. The van der Waals surface area contributed by atoms with Gasteiger partial charge in [-0.3, -0.25) is 14.7 Å². The third-order valence-corrected chi connectivity index (χ3v) is 4.49. The second-order valence-electron chi connectivity index (χ2n) is 6.97. The van der Waals surface area contributed by atoms with Crippen LogP contribution in [-0.2, 0) is 11.0 Å². The highest BCUT2D eigenvalue weighted by Crippen LogP contribution is 2.32. The number of hydrogen-bond donors (Lipinski definition) is 3. The SMILES string of the molecule is CC(=O)Nc1cc(Oc2ccc(NC(=O)c3n[nH]c4ccc(C(F)(F)F)cc34)cc2)ccn1. The zero-order chi connectivity index (χ0) is 23.6. The lowest BCUT2D eigenvalue weighted by molar-refractivity contribution is -0.137. The number of nitrogens with one attached hydrogen (secondary N) is 3. The number of carbonyl (C=O) groups excluding carboxylic acids is 2. The second-order valence-corrected chi connectivity index (χ2v) is 6.97. The molecule has 2 aromatic carbocycles. The zero-order valence-electron chi connectivity index (χ0n) is 17.0. The molecule has 8 nitrogen and oxygen atoms in total. The number of aromatic amines is 1. The van der Waals surface area contributed by atoms with Crippen LogP contribution < -0.4 is 15.4 Å². The maximum absolute atomic E-state index is 13.0. The number of nitrogens with zero attached hydrogens (tertiary/aromatic N) is 2. The van der Waals surface area contributed by atoms with Crippen molar-refractivity contribution < 1.29 is 27.5 Å². The molecule has 3 N–H and O–H groups in total. The number of halogens is 3. The standard InChI is InChI=1S/C22H16F3N5O3/c1-12(31)27-19-11-16(8-9-26-19)33-15-5-3-14(4-6-15)28-21(32)20-17-10-13(22(23,24)25)2-7-18(17)29-30-20/h2-11H,1H3,(H,28,32)(H,29,30)(H,26,27,31). The molecule has 0 spiro atoms. The van der Waals surface area contributed by atoms with Gasteiger partial charge in [-0.2, -0.15) is 18.3 Å². The summed E-state index contributed by atoms with van der Waals surface area (Å²) in [5, 5.41) is 11.6. The Labute approximate surface area is 184 Å². The molecule has 0 saturated carbocycles. The molecule has 168 valence electrons. The van der Waals surface area contributed by atoms with Gasteiger partial charge in [-0.15, -0.1) is 0 Å². The summed E-state index contributed by atoms with van der Waals surface area (Å²) in [6, 6.07) is 12.5. The molecule has 0 bridgehead atoms. The number of hydrogen-bond acceptors (Lipinski definition) is 5. The summed E-state index contributed by atoms with van der Waals surface area (Å²) in [6.45, 7) is 1.36. The van der Waals surface area contributed by atoms with Crippen LogP contribution >= 0.6 is 0 Å². The molecular formula is C22H16F3N5O3. The molecule has 0 unspecified atom stereocenters. The molecule has 4 rings (SSSR count). The van der Waals surface area contributed by atoms with Crippen LogP contribution in [0.15, 0.2) is 60.8 Å². The summed E-state index contributed by atoms with van der Waals surface area (Å²) in [5.41, 5.74) is -0.319. The fraction of sp³-hybridized carbons (Fsp3) is 0.0909. The summed E-state index contributed by atoms with van der Waals surface area (Å²) < 4.78 is 44.7. The highest BCUT2D eigenvalue weighted by atomic mass is 19.4. The van der Waals surface area contributed by atoms with Crippen LogP contribution in [0.4, 0.5) is 24.7 Å². The number of carbonyl (C=O) groups is 2. The van der Waals surface area contributed by atoms with Gasteiger partial charge in [-0.25, -0.2) is 4.98 Å². The van der Waals surface area contributed by atoms with Crippen molar-refractivity contribution in [3.05, 3.63) is 72.1 Å². The Morgan fingerprint density at radius 1 is 0.970 bits per heavy atom. The third-order valence-electron chi connectivity index (χ3n) is 4.49. The molecule has 33 heavy (non-hydrogen) atoms. The van der Waals surface area contributed by atoms with Gasteiger partial charge < -0.3 is 15.4 Å². The highest BCUT2D eigenvalue weighted by Gasteiger charge is 2.31. The Bertz CT molecular complexity index is 1330. The molecule has 2 aromatic heterocycles. The maximum Gasteiger partial charge on any atom is 0.416 e. The molecule has 0 atom stereocenters. The first-order chi connectivity index (χ1) is 15.7. The van der Waals surface area contributed by atoms with Gasteiger partial charge >= 0.3 is 6.18 Å². The average molecular weight is 455 g/mol. The van der Waals surface area contributed by atoms with E-state index in [1.54, 1.807) is 36.4 Å². The molecule has 11 heteroatoms. The van der Waals surface area contributed by atoms with E-state index < -0.39 is 17.6 Å². The van der Waals surface area contributed by atoms with Gasteiger partial charge in [0.25, 0.3) is 5.91 Å². The quantitative estimate of drug-likeness (QED) is 0.393. The summed E-state index contributed by atoms with van der Waals surface area (Å²) >= 11 is 0. The lowest BCUT2D eigenvalue weighted by Crippen LogP contribution is -2.13. The first kappa shape index (κ1) is 21.8. The first-order valence-corrected chi connectivity index (χ1v) is 9.57. The largest absolute Gasteiger partial charge is 0.457 e. The Hall–Kier alpha value is -4.41. The summed E-state index contributed by atoms with van der Waals surface area (Å²) in [4.78, 5) is 27.8. The fourth-order valence-electron chi connectivity index (χ4n) is 3.02. The molecule has 0 radical (unpaired) electrons. The molecule has 0 saturated heterocycles.